The summed E-state index contributed by atoms with van der Waals surface area (Å²) < 4.78 is 27.6. The van der Waals surface area contributed by atoms with Gasteiger partial charge in [0.2, 0.25) is 0 Å². The van der Waals surface area contributed by atoms with Crippen molar-refractivity contribution in [3.05, 3.63) is 69.7 Å². The highest BCUT2D eigenvalue weighted by Gasteiger charge is 2.04. The van der Waals surface area contributed by atoms with E-state index in [2.05, 4.69) is 31.6 Å². The quantitative estimate of drug-likeness (QED) is 0.378. The summed E-state index contributed by atoms with van der Waals surface area (Å²) in [5, 5.41) is 6.08. The highest BCUT2D eigenvalue weighted by molar-refractivity contribution is 14.0. The van der Waals surface area contributed by atoms with Gasteiger partial charge in [-0.3, -0.25) is 4.99 Å². The van der Waals surface area contributed by atoms with Crippen molar-refractivity contribution >= 4 is 45.9 Å². The van der Waals surface area contributed by atoms with E-state index < -0.39 is 0 Å². The number of nitrogens with one attached hydrogen (secondary N) is 2. The number of hydrogen-bond donors (Lipinski definition) is 2. The van der Waals surface area contributed by atoms with Gasteiger partial charge in [0.05, 0.1) is 0 Å². The number of nitrogens with zero attached hydrogens (tertiary/aromatic N) is 1. The minimum atomic E-state index is -0.281. The molecule has 124 valence electrons. The van der Waals surface area contributed by atoms with Crippen molar-refractivity contribution in [1.29, 1.82) is 0 Å². The van der Waals surface area contributed by atoms with Crippen LogP contribution in [0.15, 0.2) is 51.9 Å². The molecule has 0 aliphatic carbocycles. The molecule has 0 aromatic heterocycles. The first kappa shape index (κ1) is 19.8. The maximum absolute atomic E-state index is 13.7. The Morgan fingerprint density at radius 1 is 1.09 bits per heavy atom. The van der Waals surface area contributed by atoms with E-state index in [1.807, 2.05) is 6.07 Å². The van der Waals surface area contributed by atoms with Gasteiger partial charge in [-0.05, 0) is 35.9 Å². The topological polar surface area (TPSA) is 36.4 Å². The first-order valence-electron chi connectivity index (χ1n) is 6.71. The third-order valence-corrected chi connectivity index (χ3v) is 3.52. The largest absolute Gasteiger partial charge is 0.352 e. The molecule has 0 aliphatic heterocycles. The van der Waals surface area contributed by atoms with Crippen molar-refractivity contribution in [2.45, 2.75) is 13.1 Å². The summed E-state index contributed by atoms with van der Waals surface area (Å²) in [7, 11) is 1.62. The second-order valence-electron chi connectivity index (χ2n) is 4.64. The third-order valence-electron chi connectivity index (χ3n) is 3.03. The Morgan fingerprint density at radius 3 is 2.52 bits per heavy atom. The van der Waals surface area contributed by atoms with E-state index in [9.17, 15) is 8.78 Å². The molecule has 23 heavy (non-hydrogen) atoms. The summed E-state index contributed by atoms with van der Waals surface area (Å²) in [6.07, 6.45) is 0. The van der Waals surface area contributed by atoms with Crippen LogP contribution >= 0.6 is 39.9 Å². The second kappa shape index (κ2) is 9.82. The lowest BCUT2D eigenvalue weighted by Crippen LogP contribution is -2.36. The minimum absolute atomic E-state index is 0. The molecular weight excluding hydrogens is 479 g/mol. The van der Waals surface area contributed by atoms with E-state index in [1.165, 1.54) is 18.2 Å². The van der Waals surface area contributed by atoms with Crippen LogP contribution in [-0.4, -0.2) is 13.0 Å². The van der Waals surface area contributed by atoms with Gasteiger partial charge in [0.25, 0.3) is 0 Å². The van der Waals surface area contributed by atoms with Crippen LogP contribution in [0.3, 0.4) is 0 Å². The van der Waals surface area contributed by atoms with Gasteiger partial charge in [-0.1, -0.05) is 28.1 Å². The van der Waals surface area contributed by atoms with Crippen molar-refractivity contribution in [1.82, 2.24) is 10.6 Å². The number of halogens is 4. The molecule has 3 nitrogen and oxygen atoms in total. The summed E-state index contributed by atoms with van der Waals surface area (Å²) in [6, 6.07) is 11.1. The standard InChI is InChI=1S/C16H16BrF2N3.HI/c1-20-16(21-9-11-3-2-4-14(18)7-11)22-10-12-8-13(17)5-6-15(12)19;/h2-8H,9-10H2,1H3,(H2,20,21,22);1H. The summed E-state index contributed by atoms with van der Waals surface area (Å²) in [5.41, 5.74) is 1.33. The molecule has 0 saturated heterocycles. The highest BCUT2D eigenvalue weighted by Crippen LogP contribution is 2.15. The molecule has 0 radical (unpaired) electrons. The third kappa shape index (κ3) is 6.42. The Hall–Kier alpha value is -1.22. The molecule has 2 aromatic rings. The summed E-state index contributed by atoms with van der Waals surface area (Å²) in [4.78, 5) is 4.06. The lowest BCUT2D eigenvalue weighted by Gasteiger charge is -2.12. The van der Waals surface area contributed by atoms with Crippen LogP contribution < -0.4 is 10.6 Å². The van der Waals surface area contributed by atoms with Crippen LogP contribution in [0.25, 0.3) is 0 Å². The van der Waals surface area contributed by atoms with E-state index in [-0.39, 0.29) is 35.6 Å². The maximum Gasteiger partial charge on any atom is 0.191 e. The fourth-order valence-corrected chi connectivity index (χ4v) is 2.32. The van der Waals surface area contributed by atoms with E-state index in [0.717, 1.165) is 10.0 Å². The maximum atomic E-state index is 13.7. The highest BCUT2D eigenvalue weighted by atomic mass is 127. The first-order chi connectivity index (χ1) is 10.6. The Labute approximate surface area is 159 Å². The Kier molecular flexibility index (Phi) is 8.46. The number of benzene rings is 2. The molecule has 2 rings (SSSR count). The molecule has 0 aliphatic rings. The second-order valence-corrected chi connectivity index (χ2v) is 5.56. The predicted octanol–water partition coefficient (Wildman–Crippen LogP) is 4.21. The first-order valence-corrected chi connectivity index (χ1v) is 7.50. The lowest BCUT2D eigenvalue weighted by molar-refractivity contribution is 0.604. The van der Waals surface area contributed by atoms with Crippen LogP contribution in [0.2, 0.25) is 0 Å². The zero-order valence-corrected chi connectivity index (χ0v) is 16.4. The molecule has 0 amide bonds. The van der Waals surface area contributed by atoms with Gasteiger partial charge < -0.3 is 10.6 Å². The number of guanidine groups is 1. The molecule has 7 heteroatoms. The van der Waals surface area contributed by atoms with Crippen LogP contribution in [-0.2, 0) is 13.1 Å². The molecule has 2 aromatic carbocycles. The van der Waals surface area contributed by atoms with E-state index in [4.69, 9.17) is 0 Å². The van der Waals surface area contributed by atoms with Crippen molar-refractivity contribution in [3.63, 3.8) is 0 Å². The van der Waals surface area contributed by atoms with Gasteiger partial charge >= 0.3 is 0 Å². The van der Waals surface area contributed by atoms with E-state index in [1.54, 1.807) is 25.2 Å². The molecule has 0 unspecified atom stereocenters. The average Bonchev–Trinajstić information content (AvgIpc) is 2.51. The summed E-state index contributed by atoms with van der Waals surface area (Å²) >= 11 is 3.31. The zero-order valence-electron chi connectivity index (χ0n) is 12.4. The van der Waals surface area contributed by atoms with Gasteiger partial charge in [-0.15, -0.1) is 24.0 Å². The number of rotatable bonds is 4. The van der Waals surface area contributed by atoms with Crippen LogP contribution in [0.4, 0.5) is 8.78 Å². The fourth-order valence-electron chi connectivity index (χ4n) is 1.91. The average molecular weight is 496 g/mol. The van der Waals surface area contributed by atoms with Crippen molar-refractivity contribution in [2.75, 3.05) is 7.05 Å². The van der Waals surface area contributed by atoms with Gasteiger partial charge in [-0.2, -0.15) is 0 Å². The SMILES string of the molecule is CN=C(NCc1cccc(F)c1)NCc1cc(Br)ccc1F.I. The van der Waals surface area contributed by atoms with Gasteiger partial charge in [0.15, 0.2) is 5.96 Å². The molecule has 0 heterocycles. The Bertz CT molecular complexity index is 680. The lowest BCUT2D eigenvalue weighted by atomic mass is 10.2. The van der Waals surface area contributed by atoms with Crippen molar-refractivity contribution < 1.29 is 8.78 Å². The Balaban J connectivity index is 0.00000264. The minimum Gasteiger partial charge on any atom is -0.352 e. The zero-order chi connectivity index (χ0) is 15.9. The normalized spacial score (nSPS) is 10.9. The predicted molar refractivity (Wildman–Crippen MR) is 103 cm³/mol. The Morgan fingerprint density at radius 2 is 1.83 bits per heavy atom. The number of aliphatic imine (C=N–C) groups is 1. The van der Waals surface area contributed by atoms with Crippen LogP contribution in [0.5, 0.6) is 0 Å². The molecule has 0 bridgehead atoms. The summed E-state index contributed by atoms with van der Waals surface area (Å²) in [6.45, 7) is 0.729. The van der Waals surface area contributed by atoms with Crippen molar-refractivity contribution in [2.24, 2.45) is 4.99 Å². The molecular formula is C16H17BrF2IN3. The molecule has 2 N–H and O–H groups in total. The van der Waals surface area contributed by atoms with Crippen molar-refractivity contribution in [3.8, 4) is 0 Å². The number of hydrogen-bond acceptors (Lipinski definition) is 1. The molecule has 0 atom stereocenters. The van der Waals surface area contributed by atoms with Crippen LogP contribution in [0.1, 0.15) is 11.1 Å². The fraction of sp³-hybridized carbons (Fsp3) is 0.188. The van der Waals surface area contributed by atoms with Gasteiger partial charge in [0, 0.05) is 30.2 Å². The van der Waals surface area contributed by atoms with E-state index in [0.29, 0.717) is 24.6 Å². The summed E-state index contributed by atoms with van der Waals surface area (Å²) in [5.74, 6) is -0.0432. The molecule has 0 saturated carbocycles. The monoisotopic (exact) mass is 495 g/mol. The van der Waals surface area contributed by atoms with E-state index >= 15 is 0 Å². The molecule has 0 fully saturated rings. The van der Waals surface area contributed by atoms with Gasteiger partial charge in [-0.25, -0.2) is 8.78 Å². The van der Waals surface area contributed by atoms with Crippen LogP contribution in [0, 0.1) is 11.6 Å². The smallest absolute Gasteiger partial charge is 0.191 e. The molecule has 0 spiro atoms. The van der Waals surface area contributed by atoms with Gasteiger partial charge in [0.1, 0.15) is 11.6 Å².